The van der Waals surface area contributed by atoms with Crippen LogP contribution in [0, 0.1) is 0 Å². The zero-order valence-electron chi connectivity index (χ0n) is 14.5. The average molecular weight is 422 g/mol. The summed E-state index contributed by atoms with van der Waals surface area (Å²) in [7, 11) is 0. The van der Waals surface area contributed by atoms with Gasteiger partial charge in [0, 0.05) is 26.7 Å². The van der Waals surface area contributed by atoms with Crippen molar-refractivity contribution in [2.45, 2.75) is 6.92 Å². The van der Waals surface area contributed by atoms with Gasteiger partial charge in [0.05, 0.1) is 5.69 Å². The summed E-state index contributed by atoms with van der Waals surface area (Å²) in [5.41, 5.74) is 2.30. The number of benzene rings is 3. The van der Waals surface area contributed by atoms with Crippen LogP contribution >= 0.6 is 15.9 Å². The van der Waals surface area contributed by atoms with Crippen molar-refractivity contribution in [1.82, 2.24) is 0 Å². The minimum Gasteiger partial charge on any atom is -0.321 e. The quantitative estimate of drug-likeness (QED) is 0.580. The lowest BCUT2D eigenvalue weighted by Gasteiger charge is -2.11. The Hall–Kier alpha value is -3.05. The van der Waals surface area contributed by atoms with Crippen LogP contribution in [0.3, 0.4) is 0 Å². The monoisotopic (exact) mass is 421 g/mol. The first-order valence-corrected chi connectivity index (χ1v) is 9.06. The van der Waals surface area contributed by atoms with Crippen molar-refractivity contribution in [1.29, 1.82) is 0 Å². The molecule has 0 heterocycles. The highest BCUT2D eigenvalue weighted by molar-refractivity contribution is 9.10. The van der Waals surface area contributed by atoms with Gasteiger partial charge in [-0.15, -0.1) is 0 Å². The molecule has 3 aromatic rings. The van der Waals surface area contributed by atoms with Gasteiger partial charge in [-0.2, -0.15) is 0 Å². The Morgan fingerprint density at radius 3 is 2.04 bits per heavy atom. The first-order chi connectivity index (χ1) is 13.0. The van der Waals surface area contributed by atoms with Crippen LogP contribution in [0.1, 0.15) is 43.6 Å². The smallest absolute Gasteiger partial charge is 0.255 e. The molecule has 134 valence electrons. The van der Waals surface area contributed by atoms with Crippen molar-refractivity contribution >= 4 is 39.1 Å². The zero-order valence-corrected chi connectivity index (χ0v) is 16.1. The number of nitrogens with one attached hydrogen (secondary N) is 1. The zero-order chi connectivity index (χ0) is 19.4. The Morgan fingerprint density at radius 2 is 1.41 bits per heavy atom. The Bertz CT molecular complexity index is 1010. The third-order valence-electron chi connectivity index (χ3n) is 4.06. The fourth-order valence-corrected chi connectivity index (χ4v) is 2.97. The third-order valence-corrected chi connectivity index (χ3v) is 4.56. The maximum atomic E-state index is 12.8. The summed E-state index contributed by atoms with van der Waals surface area (Å²) in [6.45, 7) is 1.47. The second kappa shape index (κ2) is 8.10. The van der Waals surface area contributed by atoms with Crippen LogP contribution in [0.25, 0.3) is 0 Å². The fourth-order valence-electron chi connectivity index (χ4n) is 2.61. The molecule has 0 bridgehead atoms. The number of hydrogen-bond acceptors (Lipinski definition) is 3. The van der Waals surface area contributed by atoms with Gasteiger partial charge >= 0.3 is 0 Å². The fraction of sp³-hybridized carbons (Fsp3) is 0.0455. The normalized spacial score (nSPS) is 10.3. The van der Waals surface area contributed by atoms with E-state index in [1.54, 1.807) is 66.7 Å². The van der Waals surface area contributed by atoms with Gasteiger partial charge in [0.15, 0.2) is 11.6 Å². The van der Waals surface area contributed by atoms with Gasteiger partial charge in [-0.3, -0.25) is 14.4 Å². The Balaban J connectivity index is 1.89. The van der Waals surface area contributed by atoms with Gasteiger partial charge in [0.2, 0.25) is 0 Å². The lowest BCUT2D eigenvalue weighted by molar-refractivity contribution is 0.100. The molecule has 0 radical (unpaired) electrons. The second-order valence-corrected chi connectivity index (χ2v) is 6.89. The summed E-state index contributed by atoms with van der Waals surface area (Å²) in [6.07, 6.45) is 0. The Morgan fingerprint density at radius 1 is 0.778 bits per heavy atom. The van der Waals surface area contributed by atoms with Gasteiger partial charge < -0.3 is 5.32 Å². The van der Waals surface area contributed by atoms with Crippen LogP contribution < -0.4 is 5.32 Å². The van der Waals surface area contributed by atoms with Gasteiger partial charge in [-0.1, -0.05) is 58.4 Å². The third kappa shape index (κ3) is 4.38. The molecule has 4 nitrogen and oxygen atoms in total. The van der Waals surface area contributed by atoms with Gasteiger partial charge in [-0.05, 0) is 37.3 Å². The van der Waals surface area contributed by atoms with E-state index in [1.807, 2.05) is 6.07 Å². The molecule has 1 N–H and O–H groups in total. The van der Waals surface area contributed by atoms with E-state index in [0.717, 1.165) is 4.47 Å². The summed E-state index contributed by atoms with van der Waals surface area (Å²) < 4.78 is 0.741. The Labute approximate surface area is 165 Å². The van der Waals surface area contributed by atoms with E-state index in [2.05, 4.69) is 21.2 Å². The summed E-state index contributed by atoms with van der Waals surface area (Å²) in [6, 6.07) is 20.4. The highest BCUT2D eigenvalue weighted by Gasteiger charge is 2.16. The first-order valence-electron chi connectivity index (χ1n) is 8.27. The molecule has 0 unspecified atom stereocenters. The minimum absolute atomic E-state index is 0.0642. The molecule has 0 atom stereocenters. The summed E-state index contributed by atoms with van der Waals surface area (Å²) in [5, 5.41) is 2.79. The highest BCUT2D eigenvalue weighted by atomic mass is 79.9. The first kappa shape index (κ1) is 18.7. The molecule has 0 spiro atoms. The number of anilines is 1. The van der Waals surface area contributed by atoms with Gasteiger partial charge in [0.25, 0.3) is 5.91 Å². The van der Waals surface area contributed by atoms with Crippen LogP contribution in [0.15, 0.2) is 77.3 Å². The van der Waals surface area contributed by atoms with Crippen molar-refractivity contribution in [3.8, 4) is 0 Å². The SMILES string of the molecule is CC(=O)c1ccc(C(=O)Nc2ccc(Br)cc2C(=O)c2ccccc2)cc1. The van der Waals surface area contributed by atoms with Crippen LogP contribution in [0.4, 0.5) is 5.69 Å². The van der Waals surface area contributed by atoms with Crippen LogP contribution in [0.5, 0.6) is 0 Å². The van der Waals surface area contributed by atoms with Crippen LogP contribution in [-0.4, -0.2) is 17.5 Å². The molecule has 0 fully saturated rings. The molecule has 0 saturated carbocycles. The van der Waals surface area contributed by atoms with E-state index in [0.29, 0.717) is 27.9 Å². The van der Waals surface area contributed by atoms with Crippen molar-refractivity contribution in [3.05, 3.63) is 99.5 Å². The molecule has 27 heavy (non-hydrogen) atoms. The number of ketones is 2. The van der Waals surface area contributed by atoms with E-state index in [4.69, 9.17) is 0 Å². The van der Waals surface area contributed by atoms with E-state index >= 15 is 0 Å². The number of Topliss-reactive ketones (excluding diaryl/α,β-unsaturated/α-hetero) is 1. The number of carbonyl (C=O) groups excluding carboxylic acids is 3. The molecule has 0 aromatic heterocycles. The summed E-state index contributed by atoms with van der Waals surface area (Å²) in [4.78, 5) is 36.8. The number of hydrogen-bond donors (Lipinski definition) is 1. The predicted octanol–water partition coefficient (Wildman–Crippen LogP) is 5.14. The van der Waals surface area contributed by atoms with E-state index in [-0.39, 0.29) is 17.5 Å². The molecule has 0 saturated heterocycles. The maximum Gasteiger partial charge on any atom is 0.255 e. The topological polar surface area (TPSA) is 63.2 Å². The summed E-state index contributed by atoms with van der Waals surface area (Å²) in [5.74, 6) is -0.598. The van der Waals surface area contributed by atoms with Crippen LogP contribution in [0.2, 0.25) is 0 Å². The molecule has 0 aliphatic carbocycles. The molecular formula is C22H16BrNO3. The van der Waals surface area contributed by atoms with E-state index < -0.39 is 0 Å². The molecule has 0 aliphatic heterocycles. The highest BCUT2D eigenvalue weighted by Crippen LogP contribution is 2.24. The van der Waals surface area contributed by atoms with Crippen molar-refractivity contribution in [2.75, 3.05) is 5.32 Å². The Kier molecular flexibility index (Phi) is 5.62. The lowest BCUT2D eigenvalue weighted by Crippen LogP contribution is -2.15. The van der Waals surface area contributed by atoms with Crippen molar-refractivity contribution in [2.24, 2.45) is 0 Å². The average Bonchev–Trinajstić information content (AvgIpc) is 2.69. The molecule has 5 heteroatoms. The maximum absolute atomic E-state index is 12.8. The number of amides is 1. The minimum atomic E-state index is -0.352. The van der Waals surface area contributed by atoms with Gasteiger partial charge in [0.1, 0.15) is 0 Å². The van der Waals surface area contributed by atoms with Crippen LogP contribution in [-0.2, 0) is 0 Å². The standard InChI is InChI=1S/C22H16BrNO3/c1-14(25)15-7-9-17(10-8-15)22(27)24-20-12-11-18(23)13-19(20)21(26)16-5-3-2-4-6-16/h2-13H,1H3,(H,24,27). The summed E-state index contributed by atoms with van der Waals surface area (Å²) >= 11 is 3.37. The molecular weight excluding hydrogens is 406 g/mol. The molecule has 1 amide bonds. The predicted molar refractivity (Wildman–Crippen MR) is 108 cm³/mol. The van der Waals surface area contributed by atoms with E-state index in [1.165, 1.54) is 6.92 Å². The second-order valence-electron chi connectivity index (χ2n) is 5.97. The van der Waals surface area contributed by atoms with Crippen molar-refractivity contribution in [3.63, 3.8) is 0 Å². The number of rotatable bonds is 5. The molecule has 3 rings (SSSR count). The molecule has 3 aromatic carbocycles. The number of halogens is 1. The largest absolute Gasteiger partial charge is 0.321 e. The van der Waals surface area contributed by atoms with E-state index in [9.17, 15) is 14.4 Å². The van der Waals surface area contributed by atoms with Crippen molar-refractivity contribution < 1.29 is 14.4 Å². The molecule has 0 aliphatic rings. The van der Waals surface area contributed by atoms with Gasteiger partial charge in [-0.25, -0.2) is 0 Å². The lowest BCUT2D eigenvalue weighted by atomic mass is 10.0. The number of carbonyl (C=O) groups is 3.